The lowest BCUT2D eigenvalue weighted by atomic mass is 9.86. The summed E-state index contributed by atoms with van der Waals surface area (Å²) >= 11 is 6.19. The molecule has 0 aromatic heterocycles. The Labute approximate surface area is 135 Å². The Hall–Kier alpha value is -1.46. The third kappa shape index (κ3) is 4.05. The van der Waals surface area contributed by atoms with Crippen LogP contribution in [0.15, 0.2) is 12.1 Å². The molecular weight excluding hydrogens is 306 g/mol. The van der Waals surface area contributed by atoms with Gasteiger partial charge in [-0.1, -0.05) is 11.6 Å². The van der Waals surface area contributed by atoms with Crippen molar-refractivity contribution in [3.63, 3.8) is 0 Å². The summed E-state index contributed by atoms with van der Waals surface area (Å²) in [5, 5.41) is 13.0. The molecule has 1 aliphatic carbocycles. The Bertz CT molecular complexity index is 527. The van der Waals surface area contributed by atoms with Crippen LogP contribution in [0.25, 0.3) is 0 Å². The molecular formula is C16H22ClNO4. The van der Waals surface area contributed by atoms with Gasteiger partial charge in [0.2, 0.25) is 0 Å². The van der Waals surface area contributed by atoms with Gasteiger partial charge in [0.05, 0.1) is 25.2 Å². The quantitative estimate of drug-likeness (QED) is 0.840. The van der Waals surface area contributed by atoms with Crippen LogP contribution in [0.1, 0.15) is 31.2 Å². The van der Waals surface area contributed by atoms with Crippen LogP contribution in [0, 0.1) is 5.92 Å². The van der Waals surface area contributed by atoms with Gasteiger partial charge in [-0.05, 0) is 43.4 Å². The second-order valence-corrected chi connectivity index (χ2v) is 5.99. The van der Waals surface area contributed by atoms with Crippen LogP contribution in [0.3, 0.4) is 0 Å². The average Bonchev–Trinajstić information content (AvgIpc) is 2.52. The number of methoxy groups -OCH3 is 2. The Morgan fingerprint density at radius 2 is 1.95 bits per heavy atom. The maximum absolute atomic E-state index is 10.9. The minimum atomic E-state index is -0.676. The van der Waals surface area contributed by atoms with Crippen LogP contribution in [-0.4, -0.2) is 31.3 Å². The number of halogens is 1. The highest BCUT2D eigenvalue weighted by atomic mass is 35.5. The number of aliphatic carboxylic acids is 1. The molecule has 22 heavy (non-hydrogen) atoms. The zero-order valence-corrected chi connectivity index (χ0v) is 13.7. The molecule has 1 aromatic carbocycles. The van der Waals surface area contributed by atoms with E-state index in [1.54, 1.807) is 14.2 Å². The maximum atomic E-state index is 10.9. The predicted molar refractivity (Wildman–Crippen MR) is 84.8 cm³/mol. The first-order chi connectivity index (χ1) is 10.5. The van der Waals surface area contributed by atoms with E-state index >= 15 is 0 Å². The summed E-state index contributed by atoms with van der Waals surface area (Å²) in [6.45, 7) is 0.669. The number of carbonyl (C=O) groups is 1. The lowest BCUT2D eigenvalue weighted by Crippen LogP contribution is -2.34. The number of carboxylic acids is 1. The Kier molecular flexibility index (Phi) is 5.91. The van der Waals surface area contributed by atoms with Crippen molar-refractivity contribution in [1.82, 2.24) is 5.32 Å². The van der Waals surface area contributed by atoms with Crippen molar-refractivity contribution < 1.29 is 19.4 Å². The van der Waals surface area contributed by atoms with E-state index in [0.29, 0.717) is 29.1 Å². The molecule has 122 valence electrons. The van der Waals surface area contributed by atoms with Crippen molar-refractivity contribution in [1.29, 1.82) is 0 Å². The molecule has 1 saturated carbocycles. The van der Waals surface area contributed by atoms with Crippen LogP contribution >= 0.6 is 11.6 Å². The summed E-state index contributed by atoms with van der Waals surface area (Å²) in [5.41, 5.74) is 1.02. The smallest absolute Gasteiger partial charge is 0.306 e. The van der Waals surface area contributed by atoms with E-state index in [0.717, 1.165) is 31.2 Å². The average molecular weight is 328 g/mol. The molecule has 0 atom stereocenters. The molecule has 2 N–H and O–H groups in total. The largest absolute Gasteiger partial charge is 0.493 e. The first-order valence-electron chi connectivity index (χ1n) is 7.41. The number of ether oxygens (including phenoxy) is 2. The lowest BCUT2D eigenvalue weighted by Gasteiger charge is -2.27. The molecule has 0 heterocycles. The van der Waals surface area contributed by atoms with Gasteiger partial charge in [0.1, 0.15) is 0 Å². The van der Waals surface area contributed by atoms with Crippen molar-refractivity contribution in [3.8, 4) is 11.5 Å². The van der Waals surface area contributed by atoms with Gasteiger partial charge in [0.25, 0.3) is 0 Å². The Morgan fingerprint density at radius 1 is 1.27 bits per heavy atom. The van der Waals surface area contributed by atoms with Crippen LogP contribution < -0.4 is 14.8 Å². The van der Waals surface area contributed by atoms with Crippen molar-refractivity contribution >= 4 is 17.6 Å². The molecule has 5 nitrogen and oxygen atoms in total. The molecule has 1 aliphatic rings. The normalized spacial score (nSPS) is 21.4. The van der Waals surface area contributed by atoms with E-state index in [2.05, 4.69) is 5.32 Å². The second kappa shape index (κ2) is 7.70. The van der Waals surface area contributed by atoms with Gasteiger partial charge in [-0.25, -0.2) is 0 Å². The summed E-state index contributed by atoms with van der Waals surface area (Å²) < 4.78 is 10.5. The third-order valence-electron chi connectivity index (χ3n) is 4.16. The summed E-state index contributed by atoms with van der Waals surface area (Å²) in [4.78, 5) is 10.9. The summed E-state index contributed by atoms with van der Waals surface area (Å²) in [7, 11) is 3.14. The molecule has 1 fully saturated rings. The van der Waals surface area contributed by atoms with E-state index in [-0.39, 0.29) is 5.92 Å². The summed E-state index contributed by atoms with van der Waals surface area (Å²) in [6, 6.07) is 4.11. The van der Waals surface area contributed by atoms with Crippen LogP contribution in [-0.2, 0) is 11.3 Å². The van der Waals surface area contributed by atoms with Gasteiger partial charge in [-0.15, -0.1) is 0 Å². The standard InChI is InChI=1S/C16H22ClNO4/c1-21-14-8-10(7-13(17)15(14)22-2)9-18-12-5-3-11(4-6-12)16(19)20/h7-8,11-12,18H,3-6,9H2,1-2H3,(H,19,20). The van der Waals surface area contributed by atoms with Gasteiger partial charge in [-0.3, -0.25) is 4.79 Å². The number of hydrogen-bond donors (Lipinski definition) is 2. The summed E-state index contributed by atoms with van der Waals surface area (Å²) in [6.07, 6.45) is 3.25. The monoisotopic (exact) mass is 327 g/mol. The van der Waals surface area contributed by atoms with Gasteiger partial charge in [-0.2, -0.15) is 0 Å². The highest BCUT2D eigenvalue weighted by molar-refractivity contribution is 6.32. The van der Waals surface area contributed by atoms with Crippen molar-refractivity contribution in [2.24, 2.45) is 5.92 Å². The molecule has 0 saturated heterocycles. The van der Waals surface area contributed by atoms with Crippen LogP contribution in [0.2, 0.25) is 5.02 Å². The number of nitrogens with one attached hydrogen (secondary N) is 1. The van der Waals surface area contributed by atoms with Crippen LogP contribution in [0.5, 0.6) is 11.5 Å². The van der Waals surface area contributed by atoms with E-state index in [1.807, 2.05) is 12.1 Å². The zero-order valence-electron chi connectivity index (χ0n) is 12.9. The fourth-order valence-corrected chi connectivity index (χ4v) is 3.19. The number of rotatable bonds is 6. The van der Waals surface area contributed by atoms with Crippen molar-refractivity contribution in [2.45, 2.75) is 38.3 Å². The maximum Gasteiger partial charge on any atom is 0.306 e. The summed E-state index contributed by atoms with van der Waals surface area (Å²) in [5.74, 6) is 0.287. The minimum Gasteiger partial charge on any atom is -0.493 e. The molecule has 0 radical (unpaired) electrons. The van der Waals surface area contributed by atoms with Crippen LogP contribution in [0.4, 0.5) is 0 Å². The van der Waals surface area contributed by atoms with E-state index in [1.165, 1.54) is 0 Å². The first-order valence-corrected chi connectivity index (χ1v) is 7.79. The fourth-order valence-electron chi connectivity index (χ4n) is 2.88. The lowest BCUT2D eigenvalue weighted by molar-refractivity contribution is -0.142. The minimum absolute atomic E-state index is 0.187. The van der Waals surface area contributed by atoms with Crippen molar-refractivity contribution in [3.05, 3.63) is 22.7 Å². The molecule has 2 rings (SSSR count). The molecule has 0 bridgehead atoms. The zero-order chi connectivity index (χ0) is 16.1. The number of hydrogen-bond acceptors (Lipinski definition) is 4. The van der Waals surface area contributed by atoms with E-state index < -0.39 is 5.97 Å². The Balaban J connectivity index is 1.92. The van der Waals surface area contributed by atoms with E-state index in [9.17, 15) is 4.79 Å². The molecule has 6 heteroatoms. The number of benzene rings is 1. The molecule has 0 spiro atoms. The van der Waals surface area contributed by atoms with Crippen molar-refractivity contribution in [2.75, 3.05) is 14.2 Å². The first kappa shape index (κ1) is 16.9. The van der Waals surface area contributed by atoms with Gasteiger partial charge < -0.3 is 19.9 Å². The second-order valence-electron chi connectivity index (χ2n) is 5.58. The fraction of sp³-hybridized carbons (Fsp3) is 0.562. The van der Waals surface area contributed by atoms with Gasteiger partial charge in [0.15, 0.2) is 11.5 Å². The number of carboxylic acid groups (broad SMARTS) is 1. The SMILES string of the molecule is COc1cc(CNC2CCC(C(=O)O)CC2)cc(Cl)c1OC. The van der Waals surface area contributed by atoms with E-state index in [4.69, 9.17) is 26.2 Å². The molecule has 0 amide bonds. The highest BCUT2D eigenvalue weighted by Gasteiger charge is 2.25. The molecule has 0 unspecified atom stereocenters. The topological polar surface area (TPSA) is 67.8 Å². The Morgan fingerprint density at radius 3 is 2.50 bits per heavy atom. The predicted octanol–water partition coefficient (Wildman–Crippen LogP) is 3.09. The molecule has 1 aromatic rings. The third-order valence-corrected chi connectivity index (χ3v) is 4.45. The highest BCUT2D eigenvalue weighted by Crippen LogP contribution is 2.36. The van der Waals surface area contributed by atoms with Gasteiger partial charge in [0, 0.05) is 12.6 Å². The van der Waals surface area contributed by atoms with Gasteiger partial charge >= 0.3 is 5.97 Å². The molecule has 0 aliphatic heterocycles.